The minimum Gasteiger partial charge on any atom is -0.310 e. The Morgan fingerprint density at radius 3 is 2.68 bits per heavy atom. The molecule has 0 saturated heterocycles. The van der Waals surface area contributed by atoms with Gasteiger partial charge in [-0.1, -0.05) is 27.7 Å². The zero-order valence-corrected chi connectivity index (χ0v) is 13.5. The van der Waals surface area contributed by atoms with Crippen molar-refractivity contribution in [1.82, 2.24) is 10.3 Å². The van der Waals surface area contributed by atoms with Gasteiger partial charge in [-0.2, -0.15) is 0 Å². The van der Waals surface area contributed by atoms with Crippen molar-refractivity contribution in [3.8, 4) is 0 Å². The van der Waals surface area contributed by atoms with Crippen molar-refractivity contribution in [3.63, 3.8) is 0 Å². The lowest BCUT2D eigenvalue weighted by Gasteiger charge is -2.39. The molecule has 0 aromatic carbocycles. The molecule has 1 saturated carbocycles. The highest BCUT2D eigenvalue weighted by Crippen LogP contribution is 2.47. The highest BCUT2D eigenvalue weighted by molar-refractivity contribution is 7.11. The maximum absolute atomic E-state index is 4.92. The summed E-state index contributed by atoms with van der Waals surface area (Å²) in [4.78, 5) is 6.45. The lowest BCUT2D eigenvalue weighted by Crippen LogP contribution is -2.33. The molecule has 0 aliphatic heterocycles. The summed E-state index contributed by atoms with van der Waals surface area (Å²) in [5, 5.41) is 4.86. The Hall–Kier alpha value is -0.410. The first-order valence-electron chi connectivity index (χ1n) is 7.56. The van der Waals surface area contributed by atoms with Gasteiger partial charge in [0.15, 0.2) is 0 Å². The standard InChI is InChI=1S/C16H26N2S/c1-15(2)7-12-14(16(3,4)10-15)19-13(18-12)9-17-8-11-5-6-11/h11,17H,5-10H2,1-4H3. The summed E-state index contributed by atoms with van der Waals surface area (Å²) >= 11 is 1.94. The Morgan fingerprint density at radius 1 is 1.26 bits per heavy atom. The molecule has 2 aliphatic carbocycles. The maximum atomic E-state index is 4.92. The van der Waals surface area contributed by atoms with Crippen molar-refractivity contribution in [2.75, 3.05) is 6.54 Å². The Kier molecular flexibility index (Phi) is 3.25. The van der Waals surface area contributed by atoms with Gasteiger partial charge in [0.2, 0.25) is 0 Å². The van der Waals surface area contributed by atoms with Crippen LogP contribution in [0.5, 0.6) is 0 Å². The van der Waals surface area contributed by atoms with Gasteiger partial charge in [-0.3, -0.25) is 0 Å². The molecule has 3 rings (SSSR count). The van der Waals surface area contributed by atoms with E-state index >= 15 is 0 Å². The van der Waals surface area contributed by atoms with E-state index in [0.29, 0.717) is 10.8 Å². The van der Waals surface area contributed by atoms with Gasteiger partial charge >= 0.3 is 0 Å². The molecule has 1 fully saturated rings. The van der Waals surface area contributed by atoms with Crippen molar-refractivity contribution < 1.29 is 0 Å². The normalized spacial score (nSPS) is 24.2. The first-order valence-corrected chi connectivity index (χ1v) is 8.37. The van der Waals surface area contributed by atoms with E-state index in [1.54, 1.807) is 0 Å². The van der Waals surface area contributed by atoms with Gasteiger partial charge < -0.3 is 5.32 Å². The second kappa shape index (κ2) is 4.56. The van der Waals surface area contributed by atoms with E-state index in [4.69, 9.17) is 4.98 Å². The third-order valence-corrected chi connectivity index (χ3v) is 5.79. The summed E-state index contributed by atoms with van der Waals surface area (Å²) in [6, 6.07) is 0. The predicted molar refractivity (Wildman–Crippen MR) is 81.7 cm³/mol. The van der Waals surface area contributed by atoms with E-state index in [1.165, 1.54) is 41.4 Å². The fourth-order valence-electron chi connectivity index (χ4n) is 3.62. The first kappa shape index (κ1) is 13.6. The highest BCUT2D eigenvalue weighted by Gasteiger charge is 2.39. The maximum Gasteiger partial charge on any atom is 0.107 e. The van der Waals surface area contributed by atoms with E-state index in [0.717, 1.165) is 18.9 Å². The van der Waals surface area contributed by atoms with Crippen molar-refractivity contribution in [2.24, 2.45) is 11.3 Å². The molecule has 0 unspecified atom stereocenters. The van der Waals surface area contributed by atoms with Crippen LogP contribution in [0.15, 0.2) is 0 Å². The van der Waals surface area contributed by atoms with Crippen LogP contribution in [0, 0.1) is 11.3 Å². The third kappa shape index (κ3) is 3.03. The largest absolute Gasteiger partial charge is 0.310 e. The zero-order chi connectivity index (χ0) is 13.7. The Morgan fingerprint density at radius 2 is 2.00 bits per heavy atom. The average molecular weight is 278 g/mol. The summed E-state index contributed by atoms with van der Waals surface area (Å²) in [6.45, 7) is 11.7. The van der Waals surface area contributed by atoms with Gasteiger partial charge in [0, 0.05) is 16.8 Å². The zero-order valence-electron chi connectivity index (χ0n) is 12.7. The highest BCUT2D eigenvalue weighted by atomic mass is 32.1. The summed E-state index contributed by atoms with van der Waals surface area (Å²) in [5.74, 6) is 0.949. The topological polar surface area (TPSA) is 24.9 Å². The van der Waals surface area contributed by atoms with Crippen molar-refractivity contribution in [3.05, 3.63) is 15.6 Å². The van der Waals surface area contributed by atoms with Crippen molar-refractivity contribution in [1.29, 1.82) is 0 Å². The second-order valence-corrected chi connectivity index (χ2v) is 8.94. The quantitative estimate of drug-likeness (QED) is 0.903. The van der Waals surface area contributed by atoms with Gasteiger partial charge in [-0.15, -0.1) is 11.3 Å². The molecular formula is C16H26N2S. The lowest BCUT2D eigenvalue weighted by atomic mass is 9.67. The van der Waals surface area contributed by atoms with Crippen molar-refractivity contribution >= 4 is 11.3 Å². The molecule has 0 radical (unpaired) electrons. The summed E-state index contributed by atoms with van der Waals surface area (Å²) in [7, 11) is 0. The number of rotatable bonds is 4. The molecule has 0 amide bonds. The van der Waals surface area contributed by atoms with Crippen LogP contribution < -0.4 is 5.32 Å². The summed E-state index contributed by atoms with van der Waals surface area (Å²) in [6.07, 6.45) is 5.25. The number of nitrogens with zero attached hydrogens (tertiary/aromatic N) is 1. The number of hydrogen-bond acceptors (Lipinski definition) is 3. The number of nitrogens with one attached hydrogen (secondary N) is 1. The first-order chi connectivity index (χ1) is 8.86. The predicted octanol–water partition coefficient (Wildman–Crippen LogP) is 3.89. The minimum atomic E-state index is 0.295. The van der Waals surface area contributed by atoms with E-state index in [2.05, 4.69) is 33.0 Å². The smallest absolute Gasteiger partial charge is 0.107 e. The fourth-order valence-corrected chi connectivity index (χ4v) is 4.77. The van der Waals surface area contributed by atoms with E-state index in [1.807, 2.05) is 11.3 Å². The number of thiazole rings is 1. The molecule has 2 aliphatic rings. The van der Waals surface area contributed by atoms with Crippen LogP contribution in [-0.2, 0) is 18.4 Å². The van der Waals surface area contributed by atoms with Gasteiger partial charge in [-0.25, -0.2) is 4.98 Å². The molecule has 19 heavy (non-hydrogen) atoms. The number of fused-ring (bicyclic) bond motifs is 1. The Balaban J connectivity index is 1.73. The van der Waals surface area contributed by atoms with Crippen molar-refractivity contribution in [2.45, 2.75) is 65.3 Å². The molecule has 0 atom stereocenters. The number of hydrogen-bond donors (Lipinski definition) is 1. The minimum absolute atomic E-state index is 0.295. The Bertz CT molecular complexity index is 469. The van der Waals surface area contributed by atoms with E-state index < -0.39 is 0 Å². The molecule has 106 valence electrons. The Labute approximate surface area is 121 Å². The van der Waals surface area contributed by atoms with Gasteiger partial charge in [-0.05, 0) is 43.6 Å². The van der Waals surface area contributed by atoms with Crippen LogP contribution in [0.4, 0.5) is 0 Å². The SMILES string of the molecule is CC1(C)Cc2nc(CNCC3CC3)sc2C(C)(C)C1. The monoisotopic (exact) mass is 278 g/mol. The van der Waals surface area contributed by atoms with Gasteiger partial charge in [0.1, 0.15) is 5.01 Å². The van der Waals surface area contributed by atoms with Crippen LogP contribution >= 0.6 is 11.3 Å². The molecule has 1 heterocycles. The van der Waals surface area contributed by atoms with Crippen LogP contribution in [0.2, 0.25) is 0 Å². The molecule has 1 aromatic heterocycles. The summed E-state index contributed by atoms with van der Waals surface area (Å²) in [5.41, 5.74) is 2.06. The molecule has 3 heteroatoms. The fraction of sp³-hybridized carbons (Fsp3) is 0.812. The average Bonchev–Trinajstić information content (AvgIpc) is 2.96. The molecule has 2 nitrogen and oxygen atoms in total. The van der Waals surface area contributed by atoms with Crippen LogP contribution in [-0.4, -0.2) is 11.5 Å². The van der Waals surface area contributed by atoms with E-state index in [-0.39, 0.29) is 0 Å². The molecular weight excluding hydrogens is 252 g/mol. The molecule has 1 aromatic rings. The van der Waals surface area contributed by atoms with Crippen LogP contribution in [0.1, 0.15) is 62.5 Å². The second-order valence-electron chi connectivity index (χ2n) is 7.86. The summed E-state index contributed by atoms with van der Waals surface area (Å²) < 4.78 is 0. The van der Waals surface area contributed by atoms with Crippen LogP contribution in [0.25, 0.3) is 0 Å². The van der Waals surface area contributed by atoms with Crippen LogP contribution in [0.3, 0.4) is 0 Å². The molecule has 0 bridgehead atoms. The third-order valence-electron chi connectivity index (χ3n) is 4.33. The lowest BCUT2D eigenvalue weighted by molar-refractivity contribution is 0.232. The number of aromatic nitrogens is 1. The molecule has 0 spiro atoms. The van der Waals surface area contributed by atoms with E-state index in [9.17, 15) is 0 Å². The van der Waals surface area contributed by atoms with Gasteiger partial charge in [0.05, 0.1) is 5.69 Å². The molecule has 1 N–H and O–H groups in total. The van der Waals surface area contributed by atoms with Gasteiger partial charge in [0.25, 0.3) is 0 Å².